The van der Waals surface area contributed by atoms with Gasteiger partial charge in [0, 0.05) is 12.1 Å². The molecule has 18 nitrogen and oxygen atoms in total. The van der Waals surface area contributed by atoms with Gasteiger partial charge in [-0.2, -0.15) is 0 Å². The van der Waals surface area contributed by atoms with E-state index in [0.29, 0.717) is 22.7 Å². The number of carbonyl (C=O) groups excluding carboxylic acids is 4. The van der Waals surface area contributed by atoms with Crippen molar-refractivity contribution in [2.75, 3.05) is 47.0 Å². The molecule has 4 rings (SSSR count). The molecular formula is C36H44BrClF2N8O10S4. The Labute approximate surface area is 378 Å². The van der Waals surface area contributed by atoms with E-state index in [4.69, 9.17) is 21.1 Å². The van der Waals surface area contributed by atoms with Gasteiger partial charge in [0.25, 0.3) is 0 Å². The van der Waals surface area contributed by atoms with Crippen molar-refractivity contribution >= 4 is 116 Å². The van der Waals surface area contributed by atoms with Gasteiger partial charge in [0.2, 0.25) is 43.7 Å². The standard InChI is InChI=1S/C18H22BrFN4O5S2.C18H22ClFN4O5S2/c2*1-10(2)9-29-14-6-11(20)4-5-12(14)22-15(25)7-16(26)24-18-23-13(17(19)30-18)8-21-31(3,27)28/h2*4-6,10,21H,7-9H2,1-3H3,(H,22,25)(H,23,24,26). The summed E-state index contributed by atoms with van der Waals surface area (Å²) in [5.41, 5.74) is 1.14. The van der Waals surface area contributed by atoms with E-state index in [1.165, 1.54) is 24.3 Å². The van der Waals surface area contributed by atoms with Gasteiger partial charge in [-0.3, -0.25) is 19.2 Å². The lowest BCUT2D eigenvalue weighted by Crippen LogP contribution is -2.22. The van der Waals surface area contributed by atoms with Gasteiger partial charge < -0.3 is 30.7 Å². The Bertz CT molecular complexity index is 2290. The molecule has 0 atom stereocenters. The zero-order valence-electron chi connectivity index (χ0n) is 34.0. The van der Waals surface area contributed by atoms with Crippen molar-refractivity contribution in [1.29, 1.82) is 0 Å². The van der Waals surface area contributed by atoms with Gasteiger partial charge in [0.15, 0.2) is 10.3 Å². The molecule has 0 bridgehead atoms. The van der Waals surface area contributed by atoms with Crippen molar-refractivity contribution in [1.82, 2.24) is 19.4 Å². The first kappa shape index (κ1) is 52.0. The molecule has 2 aromatic heterocycles. The minimum Gasteiger partial charge on any atom is -0.491 e. The van der Waals surface area contributed by atoms with Gasteiger partial charge in [-0.1, -0.05) is 62.0 Å². The average Bonchev–Trinajstić information content (AvgIpc) is 3.68. The van der Waals surface area contributed by atoms with E-state index in [9.17, 15) is 44.8 Å². The molecule has 4 aromatic rings. The number of ether oxygens (including phenoxy) is 2. The lowest BCUT2D eigenvalue weighted by molar-refractivity contribution is -0.125. The number of benzene rings is 2. The first-order valence-electron chi connectivity index (χ1n) is 18.1. The Kier molecular flexibility index (Phi) is 20.0. The topological polar surface area (TPSA) is 253 Å². The molecule has 0 spiro atoms. The fourth-order valence-corrected chi connectivity index (χ4v) is 7.62. The molecule has 4 amide bonds. The molecular weight excluding hydrogens is 986 g/mol. The predicted molar refractivity (Wildman–Crippen MR) is 238 cm³/mol. The van der Waals surface area contributed by atoms with Crippen LogP contribution in [0.4, 0.5) is 30.4 Å². The van der Waals surface area contributed by atoms with E-state index in [0.717, 1.165) is 47.3 Å². The van der Waals surface area contributed by atoms with Gasteiger partial charge in [0.1, 0.15) is 40.3 Å². The zero-order valence-corrected chi connectivity index (χ0v) is 39.6. The van der Waals surface area contributed by atoms with Crippen molar-refractivity contribution in [2.24, 2.45) is 11.8 Å². The number of nitrogens with zero attached hydrogens (tertiary/aromatic N) is 2. The molecule has 0 radical (unpaired) electrons. The van der Waals surface area contributed by atoms with E-state index < -0.39 is 68.2 Å². The van der Waals surface area contributed by atoms with Gasteiger partial charge in [-0.25, -0.2) is 45.0 Å². The van der Waals surface area contributed by atoms with Crippen molar-refractivity contribution in [3.05, 3.63) is 67.5 Å². The molecule has 0 unspecified atom stereocenters. The molecule has 2 heterocycles. The molecule has 0 saturated heterocycles. The first-order chi connectivity index (χ1) is 28.8. The number of nitrogens with one attached hydrogen (secondary N) is 6. The van der Waals surface area contributed by atoms with Crippen LogP contribution in [0.15, 0.2) is 40.2 Å². The first-order valence-corrected chi connectivity index (χ1v) is 24.7. The summed E-state index contributed by atoms with van der Waals surface area (Å²) in [6, 6.07) is 7.37. The molecule has 0 aliphatic heterocycles. The molecule has 2 aromatic carbocycles. The highest BCUT2D eigenvalue weighted by molar-refractivity contribution is 9.11. The maximum absolute atomic E-state index is 13.5. The number of aromatic nitrogens is 2. The van der Waals surface area contributed by atoms with E-state index in [1.807, 2.05) is 27.7 Å². The third-order valence-corrected chi connectivity index (χ3v) is 11.4. The Balaban J connectivity index is 0.000000330. The number of hydrogen-bond acceptors (Lipinski definition) is 14. The largest absolute Gasteiger partial charge is 0.491 e. The second kappa shape index (κ2) is 23.9. The quantitative estimate of drug-likeness (QED) is 0.0551. The molecule has 0 saturated carbocycles. The Morgan fingerprint density at radius 1 is 0.677 bits per heavy atom. The minimum absolute atomic E-state index is 0.0456. The highest BCUT2D eigenvalue weighted by atomic mass is 79.9. The Hall–Kier alpha value is -4.37. The van der Waals surface area contributed by atoms with Crippen LogP contribution in [-0.2, 0) is 52.3 Å². The lowest BCUT2D eigenvalue weighted by Gasteiger charge is -2.14. The van der Waals surface area contributed by atoms with E-state index in [-0.39, 0.29) is 68.1 Å². The molecule has 62 heavy (non-hydrogen) atoms. The molecule has 6 N–H and O–H groups in total. The van der Waals surface area contributed by atoms with Crippen LogP contribution in [0.1, 0.15) is 51.9 Å². The van der Waals surface area contributed by atoms with Crippen LogP contribution < -0.4 is 40.2 Å². The van der Waals surface area contributed by atoms with E-state index in [1.54, 1.807) is 0 Å². The number of anilines is 4. The number of halogens is 4. The SMILES string of the molecule is CC(C)COc1cc(F)ccc1NC(=O)CC(=O)Nc1nc(CNS(C)(=O)=O)c(Br)s1.CC(C)COc1cc(F)ccc1NC(=O)CC(=O)Nc1nc(CNS(C)(=O)=O)c(Cl)s1. The predicted octanol–water partition coefficient (Wildman–Crippen LogP) is 6.08. The van der Waals surface area contributed by atoms with Crippen molar-refractivity contribution in [3.8, 4) is 11.5 Å². The maximum Gasteiger partial charge on any atom is 0.235 e. The van der Waals surface area contributed by atoms with Crippen LogP contribution in [-0.4, -0.2) is 76.2 Å². The minimum atomic E-state index is -3.43. The van der Waals surface area contributed by atoms with Crippen LogP contribution in [0.25, 0.3) is 0 Å². The Morgan fingerprint density at radius 3 is 1.48 bits per heavy atom. The second-order valence-corrected chi connectivity index (χ2v) is 21.5. The summed E-state index contributed by atoms with van der Waals surface area (Å²) in [5, 5.41) is 10.3. The monoisotopic (exact) mass is 1030 g/mol. The summed E-state index contributed by atoms with van der Waals surface area (Å²) in [6.07, 6.45) is 0.980. The third kappa shape index (κ3) is 19.8. The summed E-state index contributed by atoms with van der Waals surface area (Å²) in [5.74, 6) is -2.82. The lowest BCUT2D eigenvalue weighted by atomic mass is 10.2. The summed E-state index contributed by atoms with van der Waals surface area (Å²) in [4.78, 5) is 57.0. The van der Waals surface area contributed by atoms with Crippen molar-refractivity contribution < 1.29 is 54.3 Å². The van der Waals surface area contributed by atoms with Crippen molar-refractivity contribution in [2.45, 2.75) is 53.6 Å². The van der Waals surface area contributed by atoms with Crippen LogP contribution in [0.2, 0.25) is 4.34 Å². The fraction of sp³-hybridized carbons (Fsp3) is 0.389. The number of amides is 4. The summed E-state index contributed by atoms with van der Waals surface area (Å²) < 4.78 is 88.1. The summed E-state index contributed by atoms with van der Waals surface area (Å²) >= 11 is 11.3. The highest BCUT2D eigenvalue weighted by Crippen LogP contribution is 2.31. The number of sulfonamides is 2. The molecule has 0 aliphatic carbocycles. The molecule has 0 fully saturated rings. The molecule has 26 heteroatoms. The number of carbonyl (C=O) groups is 4. The average molecular weight is 1030 g/mol. The van der Waals surface area contributed by atoms with Crippen LogP contribution in [0.3, 0.4) is 0 Å². The normalized spacial score (nSPS) is 11.4. The van der Waals surface area contributed by atoms with E-state index >= 15 is 0 Å². The van der Waals surface area contributed by atoms with Crippen LogP contribution >= 0.6 is 50.2 Å². The maximum atomic E-state index is 13.5. The highest BCUT2D eigenvalue weighted by Gasteiger charge is 2.19. The number of rotatable bonds is 20. The third-order valence-electron chi connectivity index (χ3n) is 7.02. The van der Waals surface area contributed by atoms with Gasteiger partial charge in [-0.05, 0) is 52.0 Å². The molecule has 0 aliphatic rings. The number of hydrogen-bond donors (Lipinski definition) is 6. The van der Waals surface area contributed by atoms with Gasteiger partial charge in [0.05, 0.1) is 65.4 Å². The molecule has 340 valence electrons. The van der Waals surface area contributed by atoms with Crippen LogP contribution in [0.5, 0.6) is 11.5 Å². The smallest absolute Gasteiger partial charge is 0.235 e. The summed E-state index contributed by atoms with van der Waals surface area (Å²) in [6.45, 7) is 8.20. The van der Waals surface area contributed by atoms with Gasteiger partial charge >= 0.3 is 0 Å². The Morgan fingerprint density at radius 2 is 1.06 bits per heavy atom. The second-order valence-electron chi connectivity index (χ2n) is 13.9. The van der Waals surface area contributed by atoms with Crippen molar-refractivity contribution in [3.63, 3.8) is 0 Å². The van der Waals surface area contributed by atoms with Crippen LogP contribution in [0, 0.1) is 23.5 Å². The van der Waals surface area contributed by atoms with Gasteiger partial charge in [-0.15, -0.1) is 0 Å². The fourth-order valence-electron chi connectivity index (χ4n) is 4.35. The zero-order chi connectivity index (χ0) is 46.4. The summed E-state index contributed by atoms with van der Waals surface area (Å²) in [7, 11) is -6.83. The van der Waals surface area contributed by atoms with E-state index in [2.05, 4.69) is 56.6 Å². The number of thiazole rings is 2.